The highest BCUT2D eigenvalue weighted by molar-refractivity contribution is 5.96. The summed E-state index contributed by atoms with van der Waals surface area (Å²) in [7, 11) is 1.83. The van der Waals surface area contributed by atoms with Crippen LogP contribution in [0.5, 0.6) is 0 Å². The van der Waals surface area contributed by atoms with Gasteiger partial charge in [-0.2, -0.15) is 0 Å². The summed E-state index contributed by atoms with van der Waals surface area (Å²) in [6.07, 6.45) is 5.14. The molecule has 1 heterocycles. The van der Waals surface area contributed by atoms with E-state index in [1.165, 1.54) is 39.1 Å². The van der Waals surface area contributed by atoms with Crippen molar-refractivity contribution in [3.8, 4) is 0 Å². The van der Waals surface area contributed by atoms with Crippen molar-refractivity contribution in [1.82, 2.24) is 5.32 Å². The SMILES string of the molecule is C=C(CC(C=C(C)C)=NC)NCc1ccc(N2CCOCC2)cc1.CCc1cc(C)ccc1C.CCc1ccccc1. The molecule has 4 nitrogen and oxygen atoms in total. The van der Waals surface area contributed by atoms with Crippen LogP contribution in [0.2, 0.25) is 0 Å². The number of ether oxygens (including phenoxy) is 1. The van der Waals surface area contributed by atoms with Gasteiger partial charge < -0.3 is 15.0 Å². The van der Waals surface area contributed by atoms with Gasteiger partial charge in [0.2, 0.25) is 0 Å². The second-order valence-electron chi connectivity index (χ2n) is 11.0. The molecule has 4 heteroatoms. The normalized spacial score (nSPS) is 12.7. The number of nitrogens with one attached hydrogen (secondary N) is 1. The number of nitrogens with zero attached hydrogens (tertiary/aromatic N) is 2. The van der Waals surface area contributed by atoms with Gasteiger partial charge in [-0.3, -0.25) is 4.99 Å². The molecule has 1 fully saturated rings. The molecule has 0 aromatic heterocycles. The molecule has 1 saturated heterocycles. The third-order valence-corrected chi connectivity index (χ3v) is 7.13. The molecule has 0 amide bonds. The van der Waals surface area contributed by atoms with E-state index in [-0.39, 0.29) is 0 Å². The second-order valence-corrected chi connectivity index (χ2v) is 11.0. The van der Waals surface area contributed by atoms with Crippen LogP contribution in [0, 0.1) is 13.8 Å². The Morgan fingerprint density at radius 3 is 2.10 bits per heavy atom. The molecule has 0 radical (unpaired) electrons. The number of anilines is 1. The van der Waals surface area contributed by atoms with Crippen LogP contribution in [0.3, 0.4) is 0 Å². The fourth-order valence-corrected chi connectivity index (χ4v) is 4.58. The van der Waals surface area contributed by atoms with Gasteiger partial charge in [0.05, 0.1) is 13.2 Å². The lowest BCUT2D eigenvalue weighted by molar-refractivity contribution is 0.122. The predicted octanol–water partition coefficient (Wildman–Crippen LogP) is 8.67. The Kier molecular flexibility index (Phi) is 16.0. The zero-order valence-corrected chi connectivity index (χ0v) is 27.2. The molecular formula is C38H53N3O. The fraction of sp³-hybridized carbons (Fsp3) is 0.395. The minimum absolute atomic E-state index is 0.757. The van der Waals surface area contributed by atoms with Gasteiger partial charge in [-0.15, -0.1) is 0 Å². The third kappa shape index (κ3) is 13.4. The van der Waals surface area contributed by atoms with Crippen LogP contribution in [-0.2, 0) is 24.1 Å². The van der Waals surface area contributed by atoms with Crippen molar-refractivity contribution < 1.29 is 4.74 Å². The number of allylic oxidation sites excluding steroid dienone is 3. The minimum Gasteiger partial charge on any atom is -0.384 e. The summed E-state index contributed by atoms with van der Waals surface area (Å²) < 4.78 is 5.40. The first kappa shape index (κ1) is 34.6. The smallest absolute Gasteiger partial charge is 0.0642 e. The highest BCUT2D eigenvalue weighted by Gasteiger charge is 2.10. The molecule has 1 N–H and O–H groups in total. The van der Waals surface area contributed by atoms with Gasteiger partial charge in [-0.25, -0.2) is 0 Å². The molecule has 1 aliphatic rings. The standard InChI is InChI=1S/C20H29N3O.C10H14.C8H10/c1-16(2)13-19(21-4)14-17(3)22-15-18-5-7-20(8-6-18)23-9-11-24-12-10-23;1-4-10-7-8(2)5-6-9(10)3;1-2-8-6-4-3-5-7-8/h5-8,13,22H,3,9-12,14-15H2,1-2,4H3;5-7H,4H2,1-3H3;3-7H,2H2,1H3. The fourth-order valence-electron chi connectivity index (χ4n) is 4.58. The van der Waals surface area contributed by atoms with Crippen LogP contribution in [0.15, 0.2) is 102 Å². The number of hydrogen-bond donors (Lipinski definition) is 1. The zero-order chi connectivity index (χ0) is 30.7. The average molecular weight is 568 g/mol. The molecule has 0 spiro atoms. The van der Waals surface area contributed by atoms with Crippen molar-refractivity contribution in [2.24, 2.45) is 4.99 Å². The van der Waals surface area contributed by atoms with Gasteiger partial charge in [0.1, 0.15) is 0 Å². The summed E-state index contributed by atoms with van der Waals surface area (Å²) in [6.45, 7) is 21.3. The molecule has 3 aromatic rings. The number of morpholine rings is 1. The van der Waals surface area contributed by atoms with Gasteiger partial charge in [0, 0.05) is 50.2 Å². The van der Waals surface area contributed by atoms with E-state index < -0.39 is 0 Å². The molecule has 226 valence electrons. The van der Waals surface area contributed by atoms with Crippen molar-refractivity contribution in [2.45, 2.75) is 67.3 Å². The van der Waals surface area contributed by atoms with Crippen LogP contribution < -0.4 is 10.2 Å². The lowest BCUT2D eigenvalue weighted by Crippen LogP contribution is -2.36. The summed E-state index contributed by atoms with van der Waals surface area (Å²) >= 11 is 0. The quantitative estimate of drug-likeness (QED) is 0.263. The summed E-state index contributed by atoms with van der Waals surface area (Å²) in [5, 5.41) is 3.40. The van der Waals surface area contributed by atoms with E-state index in [2.05, 4.69) is 136 Å². The monoisotopic (exact) mass is 567 g/mol. The minimum atomic E-state index is 0.757. The summed E-state index contributed by atoms with van der Waals surface area (Å²) in [6, 6.07) is 25.8. The highest BCUT2D eigenvalue weighted by atomic mass is 16.5. The summed E-state index contributed by atoms with van der Waals surface area (Å²) in [5.74, 6) is 0. The van der Waals surface area contributed by atoms with E-state index in [1.807, 2.05) is 13.1 Å². The Morgan fingerprint density at radius 1 is 0.905 bits per heavy atom. The molecule has 1 aliphatic heterocycles. The molecule has 0 atom stereocenters. The number of aryl methyl sites for hydroxylation is 4. The summed E-state index contributed by atoms with van der Waals surface area (Å²) in [4.78, 5) is 6.67. The van der Waals surface area contributed by atoms with Gasteiger partial charge in [-0.1, -0.05) is 92.2 Å². The lowest BCUT2D eigenvalue weighted by Gasteiger charge is -2.29. The number of hydrogen-bond acceptors (Lipinski definition) is 4. The molecule has 0 saturated carbocycles. The van der Waals surface area contributed by atoms with Crippen LogP contribution >= 0.6 is 0 Å². The number of benzene rings is 3. The number of rotatable bonds is 9. The Bertz CT molecular complexity index is 1250. The first-order chi connectivity index (χ1) is 20.2. The van der Waals surface area contributed by atoms with Crippen LogP contribution in [-0.4, -0.2) is 39.1 Å². The van der Waals surface area contributed by atoms with Crippen molar-refractivity contribution in [2.75, 3.05) is 38.3 Å². The zero-order valence-electron chi connectivity index (χ0n) is 27.2. The van der Waals surface area contributed by atoms with Crippen LogP contribution in [0.25, 0.3) is 0 Å². The van der Waals surface area contributed by atoms with E-state index in [0.717, 1.165) is 63.5 Å². The molecule has 0 aliphatic carbocycles. The van der Waals surface area contributed by atoms with Gasteiger partial charge >= 0.3 is 0 Å². The molecule has 3 aromatic carbocycles. The predicted molar refractivity (Wildman–Crippen MR) is 184 cm³/mol. The van der Waals surface area contributed by atoms with E-state index >= 15 is 0 Å². The van der Waals surface area contributed by atoms with Crippen molar-refractivity contribution >= 4 is 11.4 Å². The van der Waals surface area contributed by atoms with Crippen LogP contribution in [0.4, 0.5) is 5.69 Å². The largest absolute Gasteiger partial charge is 0.384 e. The Hall–Kier alpha value is -3.63. The maximum absolute atomic E-state index is 5.40. The molecule has 0 unspecified atom stereocenters. The van der Waals surface area contributed by atoms with Crippen molar-refractivity contribution in [3.63, 3.8) is 0 Å². The van der Waals surface area contributed by atoms with E-state index in [4.69, 9.17) is 4.74 Å². The van der Waals surface area contributed by atoms with E-state index in [1.54, 1.807) is 0 Å². The van der Waals surface area contributed by atoms with Crippen molar-refractivity contribution in [3.05, 3.63) is 125 Å². The summed E-state index contributed by atoms with van der Waals surface area (Å²) in [5.41, 5.74) is 11.5. The maximum atomic E-state index is 5.40. The van der Waals surface area contributed by atoms with Crippen molar-refractivity contribution in [1.29, 1.82) is 0 Å². The Labute approximate surface area is 256 Å². The maximum Gasteiger partial charge on any atom is 0.0642 e. The molecule has 4 rings (SSSR count). The van der Waals surface area contributed by atoms with Gasteiger partial charge in [-0.05, 0) is 81.0 Å². The molecule has 0 bridgehead atoms. The van der Waals surface area contributed by atoms with E-state index in [0.29, 0.717) is 0 Å². The average Bonchev–Trinajstić information content (AvgIpc) is 3.02. The molecular weight excluding hydrogens is 514 g/mol. The highest BCUT2D eigenvalue weighted by Crippen LogP contribution is 2.17. The Balaban J connectivity index is 0.000000278. The third-order valence-electron chi connectivity index (χ3n) is 7.13. The molecule has 42 heavy (non-hydrogen) atoms. The second kappa shape index (κ2) is 19.5. The van der Waals surface area contributed by atoms with Gasteiger partial charge in [0.25, 0.3) is 0 Å². The Morgan fingerprint density at radius 2 is 1.57 bits per heavy atom. The first-order valence-electron chi connectivity index (χ1n) is 15.3. The lowest BCUT2D eigenvalue weighted by atomic mass is 10.0. The first-order valence-corrected chi connectivity index (χ1v) is 15.3. The topological polar surface area (TPSA) is 36.9 Å². The van der Waals surface area contributed by atoms with Crippen LogP contribution in [0.1, 0.15) is 61.9 Å². The van der Waals surface area contributed by atoms with E-state index in [9.17, 15) is 0 Å². The van der Waals surface area contributed by atoms with Gasteiger partial charge in [0.15, 0.2) is 0 Å². The number of aliphatic imine (C=N–C) groups is 1.